The van der Waals surface area contributed by atoms with Gasteiger partial charge in [0, 0.05) is 0 Å². The van der Waals surface area contributed by atoms with Crippen LogP contribution in [0.5, 0.6) is 0 Å². The molecule has 0 aromatic heterocycles. The summed E-state index contributed by atoms with van der Waals surface area (Å²) in [5.74, 6) is -0.259. The van der Waals surface area contributed by atoms with Crippen LogP contribution in [-0.2, 0) is 19.1 Å². The van der Waals surface area contributed by atoms with Gasteiger partial charge in [-0.3, -0.25) is 9.59 Å². The van der Waals surface area contributed by atoms with E-state index in [-0.39, 0.29) is 23.8 Å². The average Bonchev–Trinajstić information content (AvgIpc) is 1.99. The van der Waals surface area contributed by atoms with Crippen LogP contribution in [0.25, 0.3) is 0 Å². The van der Waals surface area contributed by atoms with Crippen molar-refractivity contribution in [1.82, 2.24) is 0 Å². The molecule has 0 spiro atoms. The predicted molar refractivity (Wildman–Crippen MR) is 53.8 cm³/mol. The van der Waals surface area contributed by atoms with Crippen LogP contribution in [0.4, 0.5) is 0 Å². The summed E-state index contributed by atoms with van der Waals surface area (Å²) in [5.41, 5.74) is -0.239. The number of ether oxygens (including phenoxy) is 2. The molecule has 0 aromatic carbocycles. The van der Waals surface area contributed by atoms with Crippen LogP contribution in [0.2, 0.25) is 0 Å². The Bertz CT molecular complexity index is 302. The number of hydrogen-bond acceptors (Lipinski definition) is 4. The Morgan fingerprint density at radius 1 is 1.60 bits per heavy atom. The third kappa shape index (κ3) is 3.73. The van der Waals surface area contributed by atoms with Crippen molar-refractivity contribution in [2.45, 2.75) is 33.6 Å². The summed E-state index contributed by atoms with van der Waals surface area (Å²) in [7, 11) is 0. The number of carbonyl (C=O) groups excluding carboxylic acids is 2. The zero-order valence-corrected chi connectivity index (χ0v) is 9.33. The van der Waals surface area contributed by atoms with Crippen molar-refractivity contribution in [3.05, 3.63) is 11.8 Å². The van der Waals surface area contributed by atoms with E-state index in [0.717, 1.165) is 0 Å². The van der Waals surface area contributed by atoms with Gasteiger partial charge < -0.3 is 9.47 Å². The zero-order chi connectivity index (χ0) is 11.5. The van der Waals surface area contributed by atoms with Gasteiger partial charge in [-0.25, -0.2) is 0 Å². The van der Waals surface area contributed by atoms with Crippen molar-refractivity contribution in [2.75, 3.05) is 6.61 Å². The summed E-state index contributed by atoms with van der Waals surface area (Å²) in [6, 6.07) is 0. The number of rotatable bonds is 3. The smallest absolute Gasteiger partial charge is 0.313 e. The first-order valence-corrected chi connectivity index (χ1v) is 5.01. The summed E-state index contributed by atoms with van der Waals surface area (Å²) >= 11 is 0. The van der Waals surface area contributed by atoms with Gasteiger partial charge in [-0.15, -0.1) is 0 Å². The first-order valence-electron chi connectivity index (χ1n) is 5.01. The highest BCUT2D eigenvalue weighted by atomic mass is 16.6. The fourth-order valence-electron chi connectivity index (χ4n) is 1.51. The van der Waals surface area contributed by atoms with E-state index in [4.69, 9.17) is 9.47 Å². The first kappa shape index (κ1) is 11.8. The van der Waals surface area contributed by atoms with Gasteiger partial charge in [0.1, 0.15) is 12.2 Å². The largest absolute Gasteiger partial charge is 0.466 e. The molecular weight excluding hydrogens is 196 g/mol. The number of carbonyl (C=O) groups is 2. The molecule has 0 saturated heterocycles. The van der Waals surface area contributed by atoms with Gasteiger partial charge in [-0.1, -0.05) is 13.8 Å². The molecule has 0 radical (unpaired) electrons. The van der Waals surface area contributed by atoms with Crippen LogP contribution >= 0.6 is 0 Å². The molecule has 0 fully saturated rings. The summed E-state index contributed by atoms with van der Waals surface area (Å²) in [6.45, 7) is 5.93. The molecule has 1 aliphatic rings. The second-order valence-corrected chi connectivity index (χ2v) is 4.23. The molecule has 4 nitrogen and oxygen atoms in total. The molecular formula is C11H16O4. The van der Waals surface area contributed by atoms with E-state index < -0.39 is 0 Å². The Kier molecular flexibility index (Phi) is 3.50. The summed E-state index contributed by atoms with van der Waals surface area (Å²) in [6.07, 6.45) is 2.19. The molecule has 0 unspecified atom stereocenters. The minimum atomic E-state index is -0.366. The molecule has 0 aliphatic carbocycles. The molecule has 0 saturated carbocycles. The quantitative estimate of drug-likeness (QED) is 0.669. The Hall–Kier alpha value is -1.32. The number of esters is 2. The minimum absolute atomic E-state index is 0.0308. The second-order valence-electron chi connectivity index (χ2n) is 4.23. The molecule has 1 heterocycles. The van der Waals surface area contributed by atoms with Crippen LogP contribution in [0.1, 0.15) is 33.6 Å². The lowest BCUT2D eigenvalue weighted by molar-refractivity contribution is -0.146. The molecule has 0 bridgehead atoms. The zero-order valence-electron chi connectivity index (χ0n) is 9.33. The third-order valence-corrected chi connectivity index (χ3v) is 2.02. The lowest BCUT2D eigenvalue weighted by Gasteiger charge is -2.25. The standard InChI is InChI=1S/C11H16O4/c1-4-14-9(12)5-8-6-11(2,3)7-10(13)15-8/h6H,4-5,7H2,1-3H3. The average molecular weight is 212 g/mol. The van der Waals surface area contributed by atoms with Crippen molar-refractivity contribution in [3.63, 3.8) is 0 Å². The highest BCUT2D eigenvalue weighted by Gasteiger charge is 2.28. The predicted octanol–water partition coefficient (Wildman–Crippen LogP) is 1.80. The third-order valence-electron chi connectivity index (χ3n) is 2.02. The Morgan fingerprint density at radius 3 is 2.80 bits per heavy atom. The van der Waals surface area contributed by atoms with Crippen LogP contribution in [0, 0.1) is 5.41 Å². The van der Waals surface area contributed by atoms with E-state index in [2.05, 4.69) is 0 Å². The first-order chi connectivity index (χ1) is 6.93. The van der Waals surface area contributed by atoms with E-state index in [1.54, 1.807) is 6.92 Å². The van der Waals surface area contributed by atoms with Gasteiger partial charge in [-0.05, 0) is 18.4 Å². The Morgan fingerprint density at radius 2 is 2.27 bits per heavy atom. The second kappa shape index (κ2) is 4.47. The normalized spacial score (nSPS) is 19.1. The monoisotopic (exact) mass is 212 g/mol. The highest BCUT2D eigenvalue weighted by molar-refractivity contribution is 5.77. The van der Waals surface area contributed by atoms with Crippen molar-refractivity contribution in [1.29, 1.82) is 0 Å². The summed E-state index contributed by atoms with van der Waals surface area (Å²) in [4.78, 5) is 22.4. The summed E-state index contributed by atoms with van der Waals surface area (Å²) in [5, 5.41) is 0. The lowest BCUT2D eigenvalue weighted by atomic mass is 9.87. The molecule has 84 valence electrons. The van der Waals surface area contributed by atoms with E-state index in [1.165, 1.54) is 0 Å². The van der Waals surface area contributed by atoms with Crippen LogP contribution in [0.15, 0.2) is 11.8 Å². The molecule has 15 heavy (non-hydrogen) atoms. The van der Waals surface area contributed by atoms with Gasteiger partial charge in [0.2, 0.25) is 0 Å². The van der Waals surface area contributed by atoms with Gasteiger partial charge >= 0.3 is 11.9 Å². The van der Waals surface area contributed by atoms with Crippen LogP contribution < -0.4 is 0 Å². The highest BCUT2D eigenvalue weighted by Crippen LogP contribution is 2.30. The van der Waals surface area contributed by atoms with Crippen molar-refractivity contribution in [2.24, 2.45) is 5.41 Å². The molecule has 0 aromatic rings. The minimum Gasteiger partial charge on any atom is -0.466 e. The SMILES string of the molecule is CCOC(=O)CC1=CC(C)(C)CC(=O)O1. The molecule has 1 aliphatic heterocycles. The van der Waals surface area contributed by atoms with Crippen molar-refractivity contribution < 1.29 is 19.1 Å². The molecule has 4 heteroatoms. The molecule has 1 rings (SSSR count). The molecule has 0 amide bonds. The number of cyclic esters (lactones) is 1. The maximum atomic E-state index is 11.2. The van der Waals surface area contributed by atoms with E-state index in [9.17, 15) is 9.59 Å². The van der Waals surface area contributed by atoms with Gasteiger partial charge in [0.05, 0.1) is 13.0 Å². The van der Waals surface area contributed by atoms with E-state index in [1.807, 2.05) is 19.9 Å². The Balaban J connectivity index is 2.65. The number of allylic oxidation sites excluding steroid dienone is 1. The number of hydrogen-bond donors (Lipinski definition) is 0. The van der Waals surface area contributed by atoms with Crippen molar-refractivity contribution in [3.8, 4) is 0 Å². The van der Waals surface area contributed by atoms with E-state index >= 15 is 0 Å². The van der Waals surface area contributed by atoms with Gasteiger partial charge in [0.25, 0.3) is 0 Å². The van der Waals surface area contributed by atoms with Crippen LogP contribution in [0.3, 0.4) is 0 Å². The fourth-order valence-corrected chi connectivity index (χ4v) is 1.51. The van der Waals surface area contributed by atoms with Crippen LogP contribution in [-0.4, -0.2) is 18.5 Å². The lowest BCUT2D eigenvalue weighted by Crippen LogP contribution is -2.24. The van der Waals surface area contributed by atoms with Gasteiger partial charge in [-0.2, -0.15) is 0 Å². The molecule has 0 N–H and O–H groups in total. The van der Waals surface area contributed by atoms with Gasteiger partial charge in [0.15, 0.2) is 0 Å². The topological polar surface area (TPSA) is 52.6 Å². The molecule has 0 atom stereocenters. The summed E-state index contributed by atoms with van der Waals surface area (Å²) < 4.78 is 9.74. The van der Waals surface area contributed by atoms with Crippen molar-refractivity contribution >= 4 is 11.9 Å². The Labute approximate surface area is 89.2 Å². The maximum absolute atomic E-state index is 11.2. The fraction of sp³-hybridized carbons (Fsp3) is 0.636. The maximum Gasteiger partial charge on any atom is 0.313 e. The van der Waals surface area contributed by atoms with E-state index in [0.29, 0.717) is 18.8 Å².